The van der Waals surface area contributed by atoms with Crippen molar-refractivity contribution in [3.8, 4) is 0 Å². The summed E-state index contributed by atoms with van der Waals surface area (Å²) in [6, 6.07) is 0. The lowest BCUT2D eigenvalue weighted by Gasteiger charge is -2.16. The fourth-order valence-corrected chi connectivity index (χ4v) is 1.14. The van der Waals surface area contributed by atoms with E-state index >= 15 is 0 Å². The average molecular weight is 185 g/mol. The predicted molar refractivity (Wildman–Crippen MR) is 50.8 cm³/mol. The van der Waals surface area contributed by atoms with E-state index in [9.17, 15) is 0 Å². The van der Waals surface area contributed by atoms with Crippen molar-refractivity contribution < 1.29 is 14.0 Å². The van der Waals surface area contributed by atoms with Gasteiger partial charge < -0.3 is 19.8 Å². The normalized spacial score (nSPS) is 22.1. The Morgan fingerprint density at radius 2 is 2.38 bits per heavy atom. The molecule has 74 valence electrons. The van der Waals surface area contributed by atoms with E-state index in [4.69, 9.17) is 19.8 Å². The first-order chi connectivity index (χ1) is 6.09. The molecule has 5 heteroatoms. The Labute approximate surface area is 79.2 Å². The Balaban J connectivity index is 2.54. The molecule has 1 aliphatic rings. The van der Waals surface area contributed by atoms with Crippen molar-refractivity contribution in [3.05, 3.63) is 11.9 Å². The van der Waals surface area contributed by atoms with Crippen LogP contribution in [-0.4, -0.2) is 25.9 Å². The van der Waals surface area contributed by atoms with Crippen LogP contribution in [0.4, 0.5) is 0 Å². The molecule has 1 aliphatic heterocycles. The first-order valence-corrected chi connectivity index (χ1v) is 4.43. The van der Waals surface area contributed by atoms with Gasteiger partial charge in [0.1, 0.15) is 5.66 Å². The molecule has 0 atom stereocenters. The summed E-state index contributed by atoms with van der Waals surface area (Å²) in [5.41, 5.74) is 5.68. The van der Waals surface area contributed by atoms with Crippen LogP contribution < -0.4 is 5.73 Å². The molecule has 0 unspecified atom stereocenters. The Kier molecular flexibility index (Phi) is 3.22. The number of rotatable bonds is 3. The minimum atomic E-state index is -0.444. The van der Waals surface area contributed by atoms with E-state index in [1.807, 2.05) is 20.8 Å². The van der Waals surface area contributed by atoms with Gasteiger partial charge in [-0.3, -0.25) is 0 Å². The zero-order chi connectivity index (χ0) is 9.90. The van der Waals surface area contributed by atoms with E-state index in [2.05, 4.69) is 0 Å². The summed E-state index contributed by atoms with van der Waals surface area (Å²) < 4.78 is 16.2. The van der Waals surface area contributed by atoms with Gasteiger partial charge in [0.15, 0.2) is 0 Å². The second-order valence-electron chi connectivity index (χ2n) is 3.52. The standard InChI is InChI=1S/C8H16BNO3/c1-4-11-7(5-10)9-12-6-8(2,3)13-9/h5H,4,6,10H2,1-3H3/b7-5-. The maximum Gasteiger partial charge on any atom is 0.533 e. The van der Waals surface area contributed by atoms with Gasteiger partial charge in [0.25, 0.3) is 0 Å². The molecule has 1 saturated heterocycles. The van der Waals surface area contributed by atoms with E-state index in [0.717, 1.165) is 0 Å². The lowest BCUT2D eigenvalue weighted by molar-refractivity contribution is 0.132. The summed E-state index contributed by atoms with van der Waals surface area (Å²) in [4.78, 5) is 0. The van der Waals surface area contributed by atoms with Gasteiger partial charge in [0.05, 0.1) is 18.8 Å². The molecule has 1 heterocycles. The fraction of sp³-hybridized carbons (Fsp3) is 0.750. The smallest absolute Gasteiger partial charge is 0.500 e. The zero-order valence-corrected chi connectivity index (χ0v) is 8.37. The first-order valence-electron chi connectivity index (χ1n) is 4.43. The topological polar surface area (TPSA) is 53.7 Å². The molecule has 0 aliphatic carbocycles. The van der Waals surface area contributed by atoms with Crippen molar-refractivity contribution >= 4 is 7.12 Å². The Morgan fingerprint density at radius 1 is 1.69 bits per heavy atom. The lowest BCUT2D eigenvalue weighted by atomic mass is 9.87. The molecule has 0 aromatic heterocycles. The monoisotopic (exact) mass is 185 g/mol. The Morgan fingerprint density at radius 3 is 2.77 bits per heavy atom. The molecule has 0 aromatic carbocycles. The fourth-order valence-electron chi connectivity index (χ4n) is 1.14. The molecule has 0 saturated carbocycles. The molecule has 2 N–H and O–H groups in total. The van der Waals surface area contributed by atoms with Gasteiger partial charge in [-0.05, 0) is 20.8 Å². The molecule has 4 nitrogen and oxygen atoms in total. The van der Waals surface area contributed by atoms with E-state index in [1.54, 1.807) is 0 Å². The van der Waals surface area contributed by atoms with E-state index in [0.29, 0.717) is 18.9 Å². The van der Waals surface area contributed by atoms with Crippen LogP contribution in [0.15, 0.2) is 11.9 Å². The van der Waals surface area contributed by atoms with Crippen LogP contribution in [0.2, 0.25) is 0 Å². The van der Waals surface area contributed by atoms with Crippen LogP contribution in [0.1, 0.15) is 20.8 Å². The summed E-state index contributed by atoms with van der Waals surface area (Å²) in [5.74, 6) is 0. The third-order valence-corrected chi connectivity index (χ3v) is 1.72. The van der Waals surface area contributed by atoms with Gasteiger partial charge in [-0.2, -0.15) is 0 Å². The van der Waals surface area contributed by atoms with Crippen molar-refractivity contribution in [1.82, 2.24) is 0 Å². The second-order valence-corrected chi connectivity index (χ2v) is 3.52. The van der Waals surface area contributed by atoms with E-state index < -0.39 is 7.12 Å². The van der Waals surface area contributed by atoms with Gasteiger partial charge in [-0.1, -0.05) is 0 Å². The molecule has 0 aromatic rings. The van der Waals surface area contributed by atoms with Crippen LogP contribution >= 0.6 is 0 Å². The highest BCUT2D eigenvalue weighted by atomic mass is 16.7. The van der Waals surface area contributed by atoms with Crippen molar-refractivity contribution in [2.75, 3.05) is 13.2 Å². The molecule has 1 rings (SSSR count). The highest BCUT2D eigenvalue weighted by molar-refractivity contribution is 6.53. The highest BCUT2D eigenvalue weighted by Gasteiger charge is 2.40. The summed E-state index contributed by atoms with van der Waals surface area (Å²) >= 11 is 0. The van der Waals surface area contributed by atoms with Crippen LogP contribution in [0.3, 0.4) is 0 Å². The van der Waals surface area contributed by atoms with E-state index in [-0.39, 0.29) is 5.60 Å². The first kappa shape index (κ1) is 10.4. The van der Waals surface area contributed by atoms with Gasteiger partial charge in [-0.25, -0.2) is 0 Å². The van der Waals surface area contributed by atoms with Gasteiger partial charge in [-0.15, -0.1) is 0 Å². The molecule has 13 heavy (non-hydrogen) atoms. The third-order valence-electron chi connectivity index (χ3n) is 1.72. The lowest BCUT2D eigenvalue weighted by Crippen LogP contribution is -2.27. The van der Waals surface area contributed by atoms with Crippen LogP contribution in [-0.2, 0) is 14.0 Å². The van der Waals surface area contributed by atoms with Gasteiger partial charge in [0, 0.05) is 6.20 Å². The molecular weight excluding hydrogens is 169 g/mol. The highest BCUT2D eigenvalue weighted by Crippen LogP contribution is 2.23. The number of nitrogens with two attached hydrogens (primary N) is 1. The molecule has 0 bridgehead atoms. The zero-order valence-electron chi connectivity index (χ0n) is 8.37. The molecule has 0 spiro atoms. The number of hydrogen-bond acceptors (Lipinski definition) is 4. The summed E-state index contributed by atoms with van der Waals surface area (Å²) in [6.07, 6.45) is 1.38. The van der Waals surface area contributed by atoms with Gasteiger partial charge >= 0.3 is 7.12 Å². The molecular formula is C8H16BNO3. The minimum absolute atomic E-state index is 0.254. The summed E-state index contributed by atoms with van der Waals surface area (Å²) in [7, 11) is -0.444. The van der Waals surface area contributed by atoms with Crippen molar-refractivity contribution in [2.24, 2.45) is 5.73 Å². The maximum absolute atomic E-state index is 5.56. The van der Waals surface area contributed by atoms with Crippen molar-refractivity contribution in [3.63, 3.8) is 0 Å². The maximum atomic E-state index is 5.56. The van der Waals surface area contributed by atoms with Crippen LogP contribution in [0.25, 0.3) is 0 Å². The second kappa shape index (κ2) is 4.02. The third kappa shape index (κ3) is 2.64. The largest absolute Gasteiger partial charge is 0.533 e. The predicted octanol–water partition coefficient (Wildman–Crippen LogP) is 0.676. The molecule has 1 fully saturated rings. The SMILES string of the molecule is CCO/C(=C\N)B1OCC(C)(C)O1. The molecule has 0 radical (unpaired) electrons. The Hall–Kier alpha value is -0.675. The van der Waals surface area contributed by atoms with Crippen LogP contribution in [0.5, 0.6) is 0 Å². The van der Waals surface area contributed by atoms with Crippen molar-refractivity contribution in [2.45, 2.75) is 26.4 Å². The average Bonchev–Trinajstić information content (AvgIpc) is 2.42. The van der Waals surface area contributed by atoms with Gasteiger partial charge in [0.2, 0.25) is 0 Å². The van der Waals surface area contributed by atoms with Crippen LogP contribution in [0, 0.1) is 0 Å². The summed E-state index contributed by atoms with van der Waals surface area (Å²) in [5, 5.41) is 0. The summed E-state index contributed by atoms with van der Waals surface area (Å²) in [6.45, 7) is 6.94. The van der Waals surface area contributed by atoms with Crippen molar-refractivity contribution in [1.29, 1.82) is 0 Å². The molecule has 0 amide bonds. The Bertz CT molecular complexity index is 206. The van der Waals surface area contributed by atoms with E-state index in [1.165, 1.54) is 6.20 Å². The number of hydrogen-bond donors (Lipinski definition) is 1. The minimum Gasteiger partial charge on any atom is -0.500 e. The quantitative estimate of drug-likeness (QED) is 0.518. The number of ether oxygens (including phenoxy) is 1.